The molecule has 1 aliphatic rings. The Morgan fingerprint density at radius 3 is 2.93 bits per heavy atom. The van der Waals surface area contributed by atoms with E-state index < -0.39 is 6.10 Å². The first-order chi connectivity index (χ1) is 7.20. The molecule has 4 heteroatoms. The fourth-order valence-corrected chi connectivity index (χ4v) is 2.12. The van der Waals surface area contributed by atoms with Gasteiger partial charge in [-0.1, -0.05) is 23.7 Å². The number of benzene rings is 1. The van der Waals surface area contributed by atoms with Crippen LogP contribution in [0.25, 0.3) is 0 Å². The van der Waals surface area contributed by atoms with Gasteiger partial charge in [-0.25, -0.2) is 0 Å². The van der Waals surface area contributed by atoms with Crippen LogP contribution in [0.4, 0.5) is 0 Å². The van der Waals surface area contributed by atoms with E-state index in [4.69, 9.17) is 16.3 Å². The molecule has 1 aliphatic heterocycles. The first-order valence-electron chi connectivity index (χ1n) is 4.65. The Morgan fingerprint density at radius 1 is 1.47 bits per heavy atom. The monoisotopic (exact) mass is 288 g/mol. The Labute approximate surface area is 102 Å². The van der Waals surface area contributed by atoms with E-state index in [1.165, 1.54) is 0 Å². The van der Waals surface area contributed by atoms with Crippen LogP contribution in [0.2, 0.25) is 5.02 Å². The van der Waals surface area contributed by atoms with Gasteiger partial charge in [-0.05, 0) is 28.1 Å². The smallest absolute Gasteiger partial charge is 0.137 e. The zero-order valence-corrected chi connectivity index (χ0v) is 10.3. The van der Waals surface area contributed by atoms with E-state index in [1.54, 1.807) is 6.07 Å². The van der Waals surface area contributed by atoms with Gasteiger partial charge in [0.15, 0.2) is 0 Å². The van der Waals surface area contributed by atoms with Crippen LogP contribution in [0.3, 0.4) is 0 Å². The van der Waals surface area contributed by atoms with Crippen LogP contribution < -0.4 is 0 Å². The van der Waals surface area contributed by atoms with Gasteiger partial charge < -0.3 is 9.84 Å². The number of aliphatic hydroxyl groups is 1. The largest absolute Gasteiger partial charge is 0.495 e. The van der Waals surface area contributed by atoms with Crippen molar-refractivity contribution in [3.05, 3.63) is 45.1 Å². The normalized spacial score (nSPS) is 17.1. The molecular weight excluding hydrogens is 279 g/mol. The Hall–Kier alpha value is -0.510. The summed E-state index contributed by atoms with van der Waals surface area (Å²) in [5.41, 5.74) is 0.666. The topological polar surface area (TPSA) is 29.5 Å². The molecule has 0 saturated heterocycles. The number of ether oxygens (including phenoxy) is 1. The van der Waals surface area contributed by atoms with Crippen molar-refractivity contribution < 1.29 is 9.84 Å². The van der Waals surface area contributed by atoms with Crippen LogP contribution in [0, 0.1) is 0 Å². The minimum absolute atomic E-state index is 0.529. The molecule has 0 bridgehead atoms. The summed E-state index contributed by atoms with van der Waals surface area (Å²) >= 11 is 9.40. The predicted molar refractivity (Wildman–Crippen MR) is 62.8 cm³/mol. The van der Waals surface area contributed by atoms with Crippen molar-refractivity contribution in [1.82, 2.24) is 0 Å². The molecule has 80 valence electrons. The lowest BCUT2D eigenvalue weighted by Gasteiger charge is -2.14. The van der Waals surface area contributed by atoms with Crippen molar-refractivity contribution >= 4 is 27.5 Å². The average Bonchev–Trinajstić information content (AvgIpc) is 2.74. The zero-order chi connectivity index (χ0) is 10.8. The zero-order valence-electron chi connectivity index (χ0n) is 7.91. The van der Waals surface area contributed by atoms with E-state index in [9.17, 15) is 5.11 Å². The molecule has 0 spiro atoms. The minimum Gasteiger partial charge on any atom is -0.495 e. The van der Waals surface area contributed by atoms with Gasteiger partial charge in [0.05, 0.1) is 11.6 Å². The van der Waals surface area contributed by atoms with E-state index in [-0.39, 0.29) is 0 Å². The van der Waals surface area contributed by atoms with Gasteiger partial charge in [-0.2, -0.15) is 0 Å². The molecule has 2 rings (SSSR count). The number of rotatable bonds is 2. The van der Waals surface area contributed by atoms with E-state index in [1.807, 2.05) is 18.2 Å². The van der Waals surface area contributed by atoms with Crippen LogP contribution in [0.1, 0.15) is 18.1 Å². The van der Waals surface area contributed by atoms with E-state index in [2.05, 4.69) is 15.9 Å². The molecule has 0 radical (unpaired) electrons. The fourth-order valence-electron chi connectivity index (χ4n) is 1.51. The molecule has 1 N–H and O–H groups in total. The van der Waals surface area contributed by atoms with Crippen molar-refractivity contribution in [3.63, 3.8) is 0 Å². The summed E-state index contributed by atoms with van der Waals surface area (Å²) in [6, 6.07) is 5.47. The molecule has 1 aromatic carbocycles. The van der Waals surface area contributed by atoms with Crippen LogP contribution in [-0.2, 0) is 4.74 Å². The number of halogens is 2. The molecule has 0 fully saturated rings. The second-order valence-electron chi connectivity index (χ2n) is 3.29. The van der Waals surface area contributed by atoms with Gasteiger partial charge in [0.25, 0.3) is 0 Å². The quantitative estimate of drug-likeness (QED) is 0.904. The van der Waals surface area contributed by atoms with Crippen molar-refractivity contribution in [2.24, 2.45) is 0 Å². The van der Waals surface area contributed by atoms with Gasteiger partial charge in [0, 0.05) is 16.5 Å². The van der Waals surface area contributed by atoms with Crippen molar-refractivity contribution in [3.8, 4) is 0 Å². The van der Waals surface area contributed by atoms with Gasteiger partial charge in [0.2, 0.25) is 0 Å². The van der Waals surface area contributed by atoms with Crippen molar-refractivity contribution in [1.29, 1.82) is 0 Å². The van der Waals surface area contributed by atoms with Crippen molar-refractivity contribution in [2.75, 3.05) is 6.61 Å². The second-order valence-corrected chi connectivity index (χ2v) is 4.52. The summed E-state index contributed by atoms with van der Waals surface area (Å²) < 4.78 is 6.08. The fraction of sp³-hybridized carbons (Fsp3) is 0.273. The third kappa shape index (κ3) is 2.19. The minimum atomic E-state index is -0.766. The molecule has 2 nitrogen and oxygen atoms in total. The summed E-state index contributed by atoms with van der Waals surface area (Å²) in [7, 11) is 0. The average molecular weight is 290 g/mol. The summed E-state index contributed by atoms with van der Waals surface area (Å²) in [4.78, 5) is 0. The van der Waals surface area contributed by atoms with Crippen LogP contribution in [0.5, 0.6) is 0 Å². The molecule has 0 aliphatic carbocycles. The van der Waals surface area contributed by atoms with Crippen molar-refractivity contribution in [2.45, 2.75) is 12.5 Å². The summed E-state index contributed by atoms with van der Waals surface area (Å²) in [5, 5.41) is 10.6. The molecule has 0 amide bonds. The van der Waals surface area contributed by atoms with Gasteiger partial charge in [-0.15, -0.1) is 0 Å². The number of hydrogen-bond donors (Lipinski definition) is 1. The highest BCUT2D eigenvalue weighted by atomic mass is 79.9. The summed E-state index contributed by atoms with van der Waals surface area (Å²) in [6.45, 7) is 0.637. The highest BCUT2D eigenvalue weighted by molar-refractivity contribution is 9.10. The molecule has 0 saturated carbocycles. The van der Waals surface area contributed by atoms with E-state index in [0.29, 0.717) is 23.0 Å². The Bertz CT molecular complexity index is 404. The van der Waals surface area contributed by atoms with Gasteiger partial charge >= 0.3 is 0 Å². The molecule has 15 heavy (non-hydrogen) atoms. The molecule has 0 aromatic heterocycles. The number of hydrogen-bond acceptors (Lipinski definition) is 2. The molecule has 1 aromatic rings. The maximum Gasteiger partial charge on any atom is 0.137 e. The molecule has 1 atom stereocenters. The first-order valence-corrected chi connectivity index (χ1v) is 5.82. The van der Waals surface area contributed by atoms with Crippen LogP contribution in [0.15, 0.2) is 34.5 Å². The third-order valence-corrected chi connectivity index (χ3v) is 3.59. The first kappa shape index (κ1) is 11.0. The maximum atomic E-state index is 10.0. The second kappa shape index (κ2) is 4.56. The third-order valence-electron chi connectivity index (χ3n) is 2.28. The van der Waals surface area contributed by atoms with Crippen LogP contribution in [-0.4, -0.2) is 11.7 Å². The molecule has 1 heterocycles. The lowest BCUT2D eigenvalue weighted by atomic mass is 10.1. The van der Waals surface area contributed by atoms with E-state index >= 15 is 0 Å². The van der Waals surface area contributed by atoms with Gasteiger partial charge in [0.1, 0.15) is 11.9 Å². The Morgan fingerprint density at radius 2 is 2.27 bits per heavy atom. The summed E-state index contributed by atoms with van der Waals surface area (Å²) in [5.74, 6) is 0.593. The van der Waals surface area contributed by atoms with Crippen LogP contribution >= 0.6 is 27.5 Å². The van der Waals surface area contributed by atoms with E-state index in [0.717, 1.165) is 10.9 Å². The Balaban J connectivity index is 2.32. The molecule has 1 unspecified atom stereocenters. The SMILES string of the molecule is OC(C1=CCCO1)c1cccc(Br)c1Cl. The highest BCUT2D eigenvalue weighted by Gasteiger charge is 2.20. The predicted octanol–water partition coefficient (Wildman–Crippen LogP) is 3.44. The molecular formula is C11H10BrClO2. The lowest BCUT2D eigenvalue weighted by Crippen LogP contribution is -2.03. The summed E-state index contributed by atoms with van der Waals surface area (Å²) in [6.07, 6.45) is 1.97. The standard InChI is InChI=1S/C11H10BrClO2/c12-8-4-1-3-7(10(8)13)11(14)9-5-2-6-15-9/h1,3-5,11,14H,2,6H2. The highest BCUT2D eigenvalue weighted by Crippen LogP contribution is 2.34. The van der Waals surface area contributed by atoms with Gasteiger partial charge in [-0.3, -0.25) is 0 Å². The number of aliphatic hydroxyl groups excluding tert-OH is 1. The lowest BCUT2D eigenvalue weighted by molar-refractivity contribution is 0.119. The maximum absolute atomic E-state index is 10.0. The Kier molecular flexibility index (Phi) is 3.34.